The van der Waals surface area contributed by atoms with Crippen molar-refractivity contribution in [2.75, 3.05) is 20.6 Å². The second kappa shape index (κ2) is 5.42. The molecule has 0 spiro atoms. The maximum atomic E-state index is 6.25. The number of nitrogens with zero attached hydrogens (tertiary/aromatic N) is 1. The Balaban J connectivity index is 2.24. The molecule has 0 bridgehead atoms. The molecule has 0 aliphatic rings. The van der Waals surface area contributed by atoms with E-state index in [-0.39, 0.29) is 0 Å². The van der Waals surface area contributed by atoms with Crippen LogP contribution < -0.4 is 0 Å². The summed E-state index contributed by atoms with van der Waals surface area (Å²) >= 11 is 9.72. The van der Waals surface area contributed by atoms with E-state index in [1.807, 2.05) is 0 Å². The summed E-state index contributed by atoms with van der Waals surface area (Å²) in [6.45, 7) is 1.08. The van der Waals surface area contributed by atoms with Crippen molar-refractivity contribution in [3.63, 3.8) is 0 Å². The van der Waals surface area contributed by atoms with Crippen LogP contribution in [0.1, 0.15) is 12.0 Å². The molecule has 0 aliphatic carbocycles. The second-order valence-electron chi connectivity index (χ2n) is 4.51. The molecule has 2 aromatic rings. The fourth-order valence-electron chi connectivity index (χ4n) is 2.01. The average molecular weight is 316 g/mol. The van der Waals surface area contributed by atoms with E-state index in [0.29, 0.717) is 0 Å². The summed E-state index contributed by atoms with van der Waals surface area (Å²) in [6, 6.07) is 6.24. The molecule has 2 nitrogen and oxygen atoms in total. The molecular weight excluding hydrogens is 300 g/mol. The fourth-order valence-corrected chi connectivity index (χ4v) is 2.67. The van der Waals surface area contributed by atoms with Crippen LogP contribution in [0.15, 0.2) is 22.7 Å². The van der Waals surface area contributed by atoms with Crippen molar-refractivity contribution in [1.82, 2.24) is 9.88 Å². The molecule has 1 aromatic heterocycles. The summed E-state index contributed by atoms with van der Waals surface area (Å²) in [5, 5.41) is 2.01. The highest BCUT2D eigenvalue weighted by Gasteiger charge is 2.09. The molecule has 0 amide bonds. The van der Waals surface area contributed by atoms with Crippen LogP contribution in [0, 0.1) is 0 Å². The number of benzene rings is 1. The number of nitrogens with one attached hydrogen (secondary N) is 1. The van der Waals surface area contributed by atoms with Crippen molar-refractivity contribution < 1.29 is 0 Å². The zero-order valence-electron chi connectivity index (χ0n) is 10.1. The molecule has 1 aromatic carbocycles. The average Bonchev–Trinajstić information content (AvgIpc) is 2.54. The van der Waals surface area contributed by atoms with Gasteiger partial charge in [-0.05, 0) is 51.2 Å². The Hall–Kier alpha value is -0.510. The van der Waals surface area contributed by atoms with Gasteiger partial charge >= 0.3 is 0 Å². The molecule has 0 unspecified atom stereocenters. The number of hydrogen-bond acceptors (Lipinski definition) is 1. The summed E-state index contributed by atoms with van der Waals surface area (Å²) in [6.07, 6.45) is 2.13. The number of aromatic nitrogens is 1. The normalized spacial score (nSPS) is 11.6. The van der Waals surface area contributed by atoms with Crippen LogP contribution in [0.2, 0.25) is 5.15 Å². The topological polar surface area (TPSA) is 19.0 Å². The van der Waals surface area contributed by atoms with Crippen LogP contribution in [-0.2, 0) is 6.42 Å². The number of H-pyrrole nitrogens is 1. The zero-order valence-corrected chi connectivity index (χ0v) is 12.4. The molecule has 0 radical (unpaired) electrons. The molecule has 1 heterocycles. The van der Waals surface area contributed by atoms with Crippen LogP contribution in [0.4, 0.5) is 0 Å². The van der Waals surface area contributed by atoms with Crippen molar-refractivity contribution >= 4 is 38.4 Å². The van der Waals surface area contributed by atoms with Gasteiger partial charge in [0.2, 0.25) is 0 Å². The molecule has 4 heteroatoms. The summed E-state index contributed by atoms with van der Waals surface area (Å²) < 4.78 is 1.07. The number of aromatic amines is 1. The molecule has 1 N–H and O–H groups in total. The lowest BCUT2D eigenvalue weighted by Crippen LogP contribution is -2.13. The van der Waals surface area contributed by atoms with E-state index in [2.05, 4.69) is 58.1 Å². The third-order valence-corrected chi connectivity index (χ3v) is 3.66. The highest BCUT2D eigenvalue weighted by molar-refractivity contribution is 9.10. The highest BCUT2D eigenvalue weighted by Crippen LogP contribution is 2.29. The van der Waals surface area contributed by atoms with E-state index in [1.165, 1.54) is 10.9 Å². The third-order valence-electron chi connectivity index (χ3n) is 2.85. The lowest BCUT2D eigenvalue weighted by Gasteiger charge is -2.08. The molecular formula is C13H16BrClN2. The van der Waals surface area contributed by atoms with Gasteiger partial charge in [-0.2, -0.15) is 0 Å². The standard InChI is InChI=1S/C13H16BrClN2/c1-17(2)7-3-4-11-10-6-5-9(14)8-12(10)16-13(11)15/h5-6,8,16H,3-4,7H2,1-2H3. The minimum atomic E-state index is 0.775. The van der Waals surface area contributed by atoms with Gasteiger partial charge < -0.3 is 9.88 Å². The van der Waals surface area contributed by atoms with Gasteiger partial charge in [-0.25, -0.2) is 0 Å². The Bertz CT molecular complexity index is 519. The second-order valence-corrected chi connectivity index (χ2v) is 5.81. The van der Waals surface area contributed by atoms with E-state index >= 15 is 0 Å². The summed E-state index contributed by atoms with van der Waals surface area (Å²) in [4.78, 5) is 5.42. The Kier molecular flexibility index (Phi) is 4.13. The van der Waals surface area contributed by atoms with Gasteiger partial charge in [0.25, 0.3) is 0 Å². The SMILES string of the molecule is CN(C)CCCc1c(Cl)[nH]c2cc(Br)ccc12. The number of aryl methyl sites for hydroxylation is 1. The van der Waals surface area contributed by atoms with E-state index < -0.39 is 0 Å². The van der Waals surface area contributed by atoms with Crippen LogP contribution in [-0.4, -0.2) is 30.5 Å². The van der Waals surface area contributed by atoms with Gasteiger partial charge in [-0.1, -0.05) is 33.6 Å². The first-order valence-electron chi connectivity index (χ1n) is 5.68. The van der Waals surface area contributed by atoms with Gasteiger partial charge in [-0.3, -0.25) is 0 Å². The van der Waals surface area contributed by atoms with Gasteiger partial charge in [0.05, 0.1) is 0 Å². The number of hydrogen-bond donors (Lipinski definition) is 1. The fraction of sp³-hybridized carbons (Fsp3) is 0.385. The molecule has 2 rings (SSSR count). The Morgan fingerprint density at radius 2 is 2.12 bits per heavy atom. The maximum absolute atomic E-state index is 6.25. The van der Waals surface area contributed by atoms with Crippen molar-refractivity contribution in [1.29, 1.82) is 0 Å². The lowest BCUT2D eigenvalue weighted by molar-refractivity contribution is 0.400. The number of rotatable bonds is 4. The van der Waals surface area contributed by atoms with Crippen molar-refractivity contribution in [2.45, 2.75) is 12.8 Å². The van der Waals surface area contributed by atoms with Crippen LogP contribution in [0.25, 0.3) is 10.9 Å². The quantitative estimate of drug-likeness (QED) is 0.901. The molecule has 17 heavy (non-hydrogen) atoms. The largest absolute Gasteiger partial charge is 0.345 e. The van der Waals surface area contributed by atoms with E-state index in [0.717, 1.165) is 34.5 Å². The summed E-state index contributed by atoms with van der Waals surface area (Å²) in [7, 11) is 4.18. The molecule has 0 saturated heterocycles. The highest BCUT2D eigenvalue weighted by atomic mass is 79.9. The van der Waals surface area contributed by atoms with Crippen LogP contribution in [0.5, 0.6) is 0 Å². The smallest absolute Gasteiger partial charge is 0.110 e. The van der Waals surface area contributed by atoms with Crippen LogP contribution in [0.3, 0.4) is 0 Å². The van der Waals surface area contributed by atoms with Gasteiger partial charge in [0, 0.05) is 15.4 Å². The number of halogens is 2. The third kappa shape index (κ3) is 3.03. The molecule has 92 valence electrons. The summed E-state index contributed by atoms with van der Waals surface area (Å²) in [5.41, 5.74) is 2.33. The van der Waals surface area contributed by atoms with Crippen molar-refractivity contribution in [3.8, 4) is 0 Å². The molecule has 0 aliphatic heterocycles. The number of fused-ring (bicyclic) bond motifs is 1. The van der Waals surface area contributed by atoms with E-state index in [9.17, 15) is 0 Å². The first-order chi connectivity index (χ1) is 8.08. The predicted octanol–water partition coefficient (Wildman–Crippen LogP) is 4.08. The van der Waals surface area contributed by atoms with E-state index in [4.69, 9.17) is 11.6 Å². The first-order valence-corrected chi connectivity index (χ1v) is 6.85. The van der Waals surface area contributed by atoms with Crippen molar-refractivity contribution in [3.05, 3.63) is 33.4 Å². The van der Waals surface area contributed by atoms with Crippen LogP contribution >= 0.6 is 27.5 Å². The maximum Gasteiger partial charge on any atom is 0.110 e. The Labute approximate surface area is 115 Å². The predicted molar refractivity (Wildman–Crippen MR) is 77.9 cm³/mol. The van der Waals surface area contributed by atoms with Crippen molar-refractivity contribution in [2.24, 2.45) is 0 Å². The lowest BCUT2D eigenvalue weighted by atomic mass is 10.1. The first kappa shape index (κ1) is 12.9. The van der Waals surface area contributed by atoms with E-state index in [1.54, 1.807) is 0 Å². The minimum Gasteiger partial charge on any atom is -0.345 e. The van der Waals surface area contributed by atoms with Gasteiger partial charge in [0.15, 0.2) is 0 Å². The van der Waals surface area contributed by atoms with Gasteiger partial charge in [0.1, 0.15) is 5.15 Å². The minimum absolute atomic E-state index is 0.775. The Morgan fingerprint density at radius 3 is 2.82 bits per heavy atom. The molecule has 0 saturated carbocycles. The summed E-state index contributed by atoms with van der Waals surface area (Å²) in [5.74, 6) is 0. The van der Waals surface area contributed by atoms with Gasteiger partial charge in [-0.15, -0.1) is 0 Å². The monoisotopic (exact) mass is 314 g/mol. The molecule has 0 fully saturated rings. The zero-order chi connectivity index (χ0) is 12.4. The Morgan fingerprint density at radius 1 is 1.35 bits per heavy atom. The molecule has 0 atom stereocenters.